The maximum atomic E-state index is 11.2. The summed E-state index contributed by atoms with van der Waals surface area (Å²) in [7, 11) is 0. The normalized spacial score (nSPS) is 14.2. The molecule has 0 aliphatic rings. The molecule has 1 unspecified atom stereocenters. The van der Waals surface area contributed by atoms with Crippen molar-refractivity contribution >= 4 is 27.5 Å². The van der Waals surface area contributed by atoms with Crippen molar-refractivity contribution in [3.63, 3.8) is 0 Å². The summed E-state index contributed by atoms with van der Waals surface area (Å²) in [6, 6.07) is 5.41. The molecule has 19 heavy (non-hydrogen) atoms. The van der Waals surface area contributed by atoms with Crippen LogP contribution in [0.5, 0.6) is 0 Å². The van der Waals surface area contributed by atoms with E-state index in [1.807, 2.05) is 12.1 Å². The fourth-order valence-electron chi connectivity index (χ4n) is 2.23. The predicted molar refractivity (Wildman–Crippen MR) is 83.2 cm³/mol. The lowest BCUT2D eigenvalue weighted by Gasteiger charge is -2.32. The summed E-state index contributed by atoms with van der Waals surface area (Å²) in [5.41, 5.74) is 12.4. The van der Waals surface area contributed by atoms with Crippen LogP contribution in [0.4, 0.5) is 5.69 Å². The van der Waals surface area contributed by atoms with Gasteiger partial charge in [0.25, 0.3) is 0 Å². The summed E-state index contributed by atoms with van der Waals surface area (Å²) in [6.45, 7) is 6.98. The third-order valence-electron chi connectivity index (χ3n) is 2.99. The van der Waals surface area contributed by atoms with Crippen molar-refractivity contribution in [1.82, 2.24) is 0 Å². The van der Waals surface area contributed by atoms with Crippen LogP contribution in [0.25, 0.3) is 0 Å². The minimum absolute atomic E-state index is 0.165. The van der Waals surface area contributed by atoms with Gasteiger partial charge < -0.3 is 16.8 Å². The molecule has 106 valence electrons. The largest absolute Gasteiger partial charge is 0.379 e. The Hall–Kier alpha value is -1.07. The van der Waals surface area contributed by atoms with Crippen LogP contribution in [-0.2, 0) is 0 Å². The Morgan fingerprint density at radius 1 is 1.47 bits per heavy atom. The fourth-order valence-corrected chi connectivity index (χ4v) is 2.80. The van der Waals surface area contributed by atoms with Gasteiger partial charge in [0.15, 0.2) is 0 Å². The molecule has 0 bridgehead atoms. The van der Waals surface area contributed by atoms with Crippen molar-refractivity contribution in [1.29, 1.82) is 0 Å². The van der Waals surface area contributed by atoms with Crippen molar-refractivity contribution < 1.29 is 4.79 Å². The highest BCUT2D eigenvalue weighted by Gasteiger charge is 2.23. The summed E-state index contributed by atoms with van der Waals surface area (Å²) in [5, 5.41) is 3.44. The maximum Gasteiger partial charge on any atom is 0.249 e. The molecule has 1 amide bonds. The first-order valence-electron chi connectivity index (χ1n) is 6.35. The van der Waals surface area contributed by atoms with Crippen LogP contribution in [0, 0.1) is 5.92 Å². The number of nitrogens with two attached hydrogens (primary N) is 2. The SMILES string of the molecule is CC(C)CC(C)(CN)Nc1ccc(C(N)=O)c(Br)c1. The van der Waals surface area contributed by atoms with E-state index in [-0.39, 0.29) is 5.54 Å². The summed E-state index contributed by atoms with van der Waals surface area (Å²) < 4.78 is 0.689. The van der Waals surface area contributed by atoms with Gasteiger partial charge in [-0.05, 0) is 53.4 Å². The van der Waals surface area contributed by atoms with E-state index in [1.165, 1.54) is 0 Å². The number of primary amides is 1. The molecule has 5 heteroatoms. The van der Waals surface area contributed by atoms with Crippen LogP contribution in [0.15, 0.2) is 22.7 Å². The molecule has 1 aromatic rings. The van der Waals surface area contributed by atoms with Crippen molar-refractivity contribution in [2.24, 2.45) is 17.4 Å². The van der Waals surface area contributed by atoms with E-state index in [4.69, 9.17) is 11.5 Å². The number of amides is 1. The molecule has 5 N–H and O–H groups in total. The molecule has 0 saturated carbocycles. The molecule has 0 aliphatic carbocycles. The van der Waals surface area contributed by atoms with E-state index in [1.54, 1.807) is 6.07 Å². The van der Waals surface area contributed by atoms with Gasteiger partial charge in [0, 0.05) is 22.2 Å². The molecular weight excluding hydrogens is 306 g/mol. The Kier molecular flexibility index (Phi) is 5.38. The third kappa shape index (κ3) is 4.51. The molecular formula is C14H22BrN3O. The highest BCUT2D eigenvalue weighted by molar-refractivity contribution is 9.10. The number of carbonyl (C=O) groups excluding carboxylic acids is 1. The highest BCUT2D eigenvalue weighted by Crippen LogP contribution is 2.26. The quantitative estimate of drug-likeness (QED) is 0.751. The molecule has 4 nitrogen and oxygen atoms in total. The van der Waals surface area contributed by atoms with Crippen molar-refractivity contribution in [2.75, 3.05) is 11.9 Å². The predicted octanol–water partition coefficient (Wildman–Crippen LogP) is 2.72. The summed E-state index contributed by atoms with van der Waals surface area (Å²) >= 11 is 3.36. The number of hydrogen-bond acceptors (Lipinski definition) is 3. The van der Waals surface area contributed by atoms with Crippen LogP contribution in [0.2, 0.25) is 0 Å². The van der Waals surface area contributed by atoms with E-state index < -0.39 is 5.91 Å². The number of carbonyl (C=O) groups is 1. The molecule has 0 spiro atoms. The second kappa shape index (κ2) is 6.39. The molecule has 1 atom stereocenters. The number of benzene rings is 1. The number of rotatable bonds is 6. The van der Waals surface area contributed by atoms with Crippen LogP contribution in [-0.4, -0.2) is 18.0 Å². The van der Waals surface area contributed by atoms with E-state index in [0.717, 1.165) is 12.1 Å². The van der Waals surface area contributed by atoms with Crippen LogP contribution >= 0.6 is 15.9 Å². The number of hydrogen-bond donors (Lipinski definition) is 3. The summed E-state index contributed by atoms with van der Waals surface area (Å²) in [5.74, 6) is 0.108. The van der Waals surface area contributed by atoms with Gasteiger partial charge >= 0.3 is 0 Å². The molecule has 1 rings (SSSR count). The molecule has 0 radical (unpaired) electrons. The zero-order valence-corrected chi connectivity index (χ0v) is 13.3. The van der Waals surface area contributed by atoms with Crippen LogP contribution < -0.4 is 16.8 Å². The Morgan fingerprint density at radius 2 is 2.11 bits per heavy atom. The van der Waals surface area contributed by atoms with Gasteiger partial charge in [-0.1, -0.05) is 13.8 Å². The van der Waals surface area contributed by atoms with Gasteiger partial charge in [-0.2, -0.15) is 0 Å². The lowest BCUT2D eigenvalue weighted by Crippen LogP contribution is -2.43. The zero-order chi connectivity index (χ0) is 14.6. The van der Waals surface area contributed by atoms with E-state index >= 15 is 0 Å². The standard InChI is InChI=1S/C14H22BrN3O/c1-9(2)7-14(3,8-16)18-10-4-5-11(13(17)19)12(15)6-10/h4-6,9,18H,7-8,16H2,1-3H3,(H2,17,19). The Bertz CT molecular complexity index is 462. The van der Waals surface area contributed by atoms with E-state index in [0.29, 0.717) is 22.5 Å². The first-order chi connectivity index (χ1) is 8.77. The molecule has 1 aromatic carbocycles. The van der Waals surface area contributed by atoms with Gasteiger partial charge in [-0.15, -0.1) is 0 Å². The zero-order valence-electron chi connectivity index (χ0n) is 11.7. The monoisotopic (exact) mass is 327 g/mol. The van der Waals surface area contributed by atoms with E-state index in [9.17, 15) is 4.79 Å². The average molecular weight is 328 g/mol. The fraction of sp³-hybridized carbons (Fsp3) is 0.500. The third-order valence-corrected chi connectivity index (χ3v) is 3.65. The Balaban J connectivity index is 2.92. The molecule has 0 aliphatic heterocycles. The lowest BCUT2D eigenvalue weighted by atomic mass is 9.90. The minimum atomic E-state index is -0.442. The molecule has 0 aromatic heterocycles. The molecule has 0 fully saturated rings. The van der Waals surface area contributed by atoms with Crippen molar-refractivity contribution in [2.45, 2.75) is 32.7 Å². The lowest BCUT2D eigenvalue weighted by molar-refractivity contribution is 0.0999. The minimum Gasteiger partial charge on any atom is -0.379 e. The number of anilines is 1. The van der Waals surface area contributed by atoms with Crippen molar-refractivity contribution in [3.8, 4) is 0 Å². The van der Waals surface area contributed by atoms with Gasteiger partial charge in [-0.3, -0.25) is 4.79 Å². The summed E-state index contributed by atoms with van der Waals surface area (Å²) in [4.78, 5) is 11.2. The first kappa shape index (κ1) is 16.0. The first-order valence-corrected chi connectivity index (χ1v) is 7.14. The second-order valence-electron chi connectivity index (χ2n) is 5.55. The van der Waals surface area contributed by atoms with Gasteiger partial charge in [0.05, 0.1) is 5.56 Å². The van der Waals surface area contributed by atoms with Crippen LogP contribution in [0.3, 0.4) is 0 Å². The smallest absolute Gasteiger partial charge is 0.249 e. The summed E-state index contributed by atoms with van der Waals surface area (Å²) in [6.07, 6.45) is 0.971. The highest BCUT2D eigenvalue weighted by atomic mass is 79.9. The Morgan fingerprint density at radius 3 is 2.53 bits per heavy atom. The second-order valence-corrected chi connectivity index (χ2v) is 6.40. The number of nitrogens with one attached hydrogen (secondary N) is 1. The average Bonchev–Trinajstić information content (AvgIpc) is 2.27. The van der Waals surface area contributed by atoms with Gasteiger partial charge in [-0.25, -0.2) is 0 Å². The molecule has 0 saturated heterocycles. The van der Waals surface area contributed by atoms with Crippen molar-refractivity contribution in [3.05, 3.63) is 28.2 Å². The van der Waals surface area contributed by atoms with Crippen LogP contribution in [0.1, 0.15) is 37.6 Å². The van der Waals surface area contributed by atoms with Gasteiger partial charge in [0.1, 0.15) is 0 Å². The number of halogens is 1. The maximum absolute atomic E-state index is 11.2. The molecule has 0 heterocycles. The topological polar surface area (TPSA) is 81.1 Å². The van der Waals surface area contributed by atoms with E-state index in [2.05, 4.69) is 42.0 Å². The Labute approximate surface area is 123 Å². The van der Waals surface area contributed by atoms with Gasteiger partial charge in [0.2, 0.25) is 5.91 Å².